The van der Waals surface area contributed by atoms with E-state index in [1.54, 1.807) is 26.0 Å². The van der Waals surface area contributed by atoms with Crippen molar-refractivity contribution in [2.45, 2.75) is 20.4 Å². The van der Waals surface area contributed by atoms with Crippen molar-refractivity contribution >= 4 is 11.6 Å². The Balaban J connectivity index is 2.11. The van der Waals surface area contributed by atoms with Crippen LogP contribution in [-0.2, 0) is 11.3 Å². The van der Waals surface area contributed by atoms with Gasteiger partial charge in [-0.1, -0.05) is 6.07 Å². The van der Waals surface area contributed by atoms with E-state index in [1.165, 1.54) is 23.2 Å². The summed E-state index contributed by atoms with van der Waals surface area (Å²) < 4.78 is 14.6. The Morgan fingerprint density at radius 2 is 2.10 bits per heavy atom. The molecule has 0 aliphatic heterocycles. The van der Waals surface area contributed by atoms with E-state index in [2.05, 4.69) is 10.3 Å². The lowest BCUT2D eigenvalue weighted by molar-refractivity contribution is -0.116. The number of hydrogen-bond acceptors (Lipinski definition) is 3. The largest absolute Gasteiger partial charge is 0.324 e. The molecule has 0 unspecified atom stereocenters. The zero-order chi connectivity index (χ0) is 14.7. The van der Waals surface area contributed by atoms with Gasteiger partial charge in [0, 0.05) is 17.4 Å². The number of benzene rings is 1. The minimum absolute atomic E-state index is 0.164. The van der Waals surface area contributed by atoms with Crippen LogP contribution in [0.2, 0.25) is 0 Å². The summed E-state index contributed by atoms with van der Waals surface area (Å²) in [5.74, 6) is -0.806. The lowest BCUT2D eigenvalue weighted by Crippen LogP contribution is -2.28. The van der Waals surface area contributed by atoms with E-state index >= 15 is 0 Å². The van der Waals surface area contributed by atoms with Gasteiger partial charge in [0.2, 0.25) is 5.91 Å². The third-order valence-corrected chi connectivity index (χ3v) is 2.84. The van der Waals surface area contributed by atoms with E-state index in [0.29, 0.717) is 16.8 Å². The van der Waals surface area contributed by atoms with Gasteiger partial charge >= 0.3 is 0 Å². The fraction of sp³-hybridized carbons (Fsp3) is 0.214. The number of halogens is 1. The molecule has 2 aromatic rings. The van der Waals surface area contributed by atoms with Gasteiger partial charge in [0.1, 0.15) is 12.4 Å². The maximum Gasteiger partial charge on any atom is 0.256 e. The Kier molecular flexibility index (Phi) is 3.93. The van der Waals surface area contributed by atoms with E-state index in [9.17, 15) is 14.0 Å². The zero-order valence-electron chi connectivity index (χ0n) is 11.2. The van der Waals surface area contributed by atoms with Crippen molar-refractivity contribution in [3.05, 3.63) is 58.0 Å². The third kappa shape index (κ3) is 3.09. The molecule has 0 aliphatic rings. The molecule has 6 heteroatoms. The molecule has 5 nitrogen and oxygen atoms in total. The molecule has 0 spiro atoms. The van der Waals surface area contributed by atoms with Crippen molar-refractivity contribution in [1.29, 1.82) is 0 Å². The minimum atomic E-state index is -0.414. The smallest absolute Gasteiger partial charge is 0.256 e. The maximum absolute atomic E-state index is 13.4. The van der Waals surface area contributed by atoms with Crippen LogP contribution in [0.5, 0.6) is 0 Å². The lowest BCUT2D eigenvalue weighted by Gasteiger charge is -2.08. The highest BCUT2D eigenvalue weighted by Crippen LogP contribution is 2.13. The molecule has 0 aliphatic carbocycles. The van der Waals surface area contributed by atoms with Gasteiger partial charge in [0.25, 0.3) is 5.56 Å². The molecule has 0 atom stereocenters. The number of amides is 1. The van der Waals surface area contributed by atoms with Crippen molar-refractivity contribution in [3.63, 3.8) is 0 Å². The summed E-state index contributed by atoms with van der Waals surface area (Å²) in [4.78, 5) is 27.4. The molecule has 1 heterocycles. The van der Waals surface area contributed by atoms with Crippen molar-refractivity contribution in [2.75, 3.05) is 5.32 Å². The second-order valence-corrected chi connectivity index (χ2v) is 4.52. The Bertz CT molecular complexity index is 710. The number of aromatic nitrogens is 2. The van der Waals surface area contributed by atoms with Crippen molar-refractivity contribution in [2.24, 2.45) is 0 Å². The van der Waals surface area contributed by atoms with Gasteiger partial charge in [0.05, 0.1) is 6.33 Å². The minimum Gasteiger partial charge on any atom is -0.324 e. The van der Waals surface area contributed by atoms with Crippen LogP contribution in [0.15, 0.2) is 35.5 Å². The Morgan fingerprint density at radius 1 is 1.35 bits per heavy atom. The summed E-state index contributed by atoms with van der Waals surface area (Å²) in [6.45, 7) is 3.10. The van der Waals surface area contributed by atoms with Crippen molar-refractivity contribution < 1.29 is 9.18 Å². The third-order valence-electron chi connectivity index (χ3n) is 2.84. The molecule has 104 valence electrons. The topological polar surface area (TPSA) is 64.0 Å². The number of carbonyl (C=O) groups excluding carboxylic acids is 1. The highest BCUT2D eigenvalue weighted by molar-refractivity contribution is 5.90. The van der Waals surface area contributed by atoms with E-state index in [4.69, 9.17) is 0 Å². The fourth-order valence-corrected chi connectivity index (χ4v) is 1.70. The molecule has 0 saturated carbocycles. The average Bonchev–Trinajstić information content (AvgIpc) is 2.39. The predicted octanol–water partition coefficient (Wildman–Crippen LogP) is 1.64. The monoisotopic (exact) mass is 275 g/mol. The first kappa shape index (κ1) is 13.9. The van der Waals surface area contributed by atoms with Gasteiger partial charge < -0.3 is 5.32 Å². The van der Waals surface area contributed by atoms with Gasteiger partial charge in [-0.3, -0.25) is 14.2 Å². The van der Waals surface area contributed by atoms with E-state index < -0.39 is 11.7 Å². The molecule has 1 N–H and O–H groups in total. The van der Waals surface area contributed by atoms with Gasteiger partial charge in [-0.25, -0.2) is 9.37 Å². The van der Waals surface area contributed by atoms with E-state index in [0.717, 1.165) is 0 Å². The maximum atomic E-state index is 13.4. The van der Waals surface area contributed by atoms with Crippen LogP contribution in [0.3, 0.4) is 0 Å². The van der Waals surface area contributed by atoms with Crippen LogP contribution < -0.4 is 10.9 Å². The highest BCUT2D eigenvalue weighted by Gasteiger charge is 2.07. The summed E-state index contributed by atoms with van der Waals surface area (Å²) in [5, 5.41) is 2.54. The fourth-order valence-electron chi connectivity index (χ4n) is 1.70. The first-order valence-corrected chi connectivity index (χ1v) is 6.04. The quantitative estimate of drug-likeness (QED) is 0.926. The molecule has 0 saturated heterocycles. The number of nitrogens with one attached hydrogen (secondary N) is 1. The van der Waals surface area contributed by atoms with Crippen LogP contribution in [0.1, 0.15) is 11.1 Å². The van der Waals surface area contributed by atoms with Gasteiger partial charge in [0.15, 0.2) is 0 Å². The van der Waals surface area contributed by atoms with Gasteiger partial charge in [-0.05, 0) is 31.5 Å². The first-order valence-electron chi connectivity index (χ1n) is 6.04. The van der Waals surface area contributed by atoms with Crippen molar-refractivity contribution in [1.82, 2.24) is 9.55 Å². The molecule has 1 amide bonds. The summed E-state index contributed by atoms with van der Waals surface area (Å²) >= 11 is 0. The van der Waals surface area contributed by atoms with Gasteiger partial charge in [-0.15, -0.1) is 0 Å². The SMILES string of the molecule is Cc1ccc(NC(=O)Cn2cncc(C)c2=O)cc1F. The average molecular weight is 275 g/mol. The van der Waals surface area contributed by atoms with Crippen LogP contribution in [0.4, 0.5) is 10.1 Å². The Morgan fingerprint density at radius 3 is 2.80 bits per heavy atom. The number of hydrogen-bond donors (Lipinski definition) is 1. The van der Waals surface area contributed by atoms with Crippen LogP contribution in [0.25, 0.3) is 0 Å². The second kappa shape index (κ2) is 5.64. The summed E-state index contributed by atoms with van der Waals surface area (Å²) in [5.41, 5.74) is 1.04. The Hall–Kier alpha value is -2.50. The lowest BCUT2D eigenvalue weighted by atomic mass is 10.2. The molecule has 0 fully saturated rings. The molecular weight excluding hydrogens is 261 g/mol. The number of aryl methyl sites for hydroxylation is 2. The molecular formula is C14H14FN3O2. The molecule has 2 rings (SSSR count). The predicted molar refractivity (Wildman–Crippen MR) is 73.0 cm³/mol. The molecule has 0 radical (unpaired) electrons. The molecule has 1 aromatic heterocycles. The highest BCUT2D eigenvalue weighted by atomic mass is 19.1. The van der Waals surface area contributed by atoms with Gasteiger partial charge in [-0.2, -0.15) is 0 Å². The Labute approximate surface area is 115 Å². The molecule has 1 aromatic carbocycles. The van der Waals surface area contributed by atoms with Crippen LogP contribution in [-0.4, -0.2) is 15.5 Å². The number of anilines is 1. The summed E-state index contributed by atoms with van der Waals surface area (Å²) in [6, 6.07) is 4.42. The van der Waals surface area contributed by atoms with Crippen LogP contribution >= 0.6 is 0 Å². The van der Waals surface area contributed by atoms with E-state index in [1.807, 2.05) is 0 Å². The number of rotatable bonds is 3. The molecule has 20 heavy (non-hydrogen) atoms. The van der Waals surface area contributed by atoms with Crippen molar-refractivity contribution in [3.8, 4) is 0 Å². The van der Waals surface area contributed by atoms with Crippen LogP contribution in [0, 0.1) is 19.7 Å². The standard InChI is InChI=1S/C14H14FN3O2/c1-9-3-4-11(5-12(9)15)17-13(19)7-18-8-16-6-10(2)14(18)20/h3-6,8H,7H2,1-2H3,(H,17,19). The summed E-state index contributed by atoms with van der Waals surface area (Å²) in [7, 11) is 0. The number of carbonyl (C=O) groups is 1. The second-order valence-electron chi connectivity index (χ2n) is 4.52. The summed E-state index contributed by atoms with van der Waals surface area (Å²) in [6.07, 6.45) is 2.73. The first-order chi connectivity index (χ1) is 9.47. The number of nitrogens with zero attached hydrogens (tertiary/aromatic N) is 2. The van der Waals surface area contributed by atoms with E-state index in [-0.39, 0.29) is 12.1 Å². The molecule has 0 bridgehead atoms. The normalized spacial score (nSPS) is 10.3. The zero-order valence-corrected chi connectivity index (χ0v) is 11.2.